The minimum Gasteiger partial charge on any atom is -0.463 e. The highest BCUT2D eigenvalue weighted by Gasteiger charge is 2.19. The third-order valence-electron chi connectivity index (χ3n) is 2.39. The van der Waals surface area contributed by atoms with Gasteiger partial charge in [-0.05, 0) is 20.8 Å². The number of aryl methyl sites for hydroxylation is 1. The Morgan fingerprint density at radius 2 is 2.12 bits per heavy atom. The molecule has 1 amide bonds. The van der Waals surface area contributed by atoms with Crippen LogP contribution < -0.4 is 5.32 Å². The van der Waals surface area contributed by atoms with Gasteiger partial charge in [0.05, 0.1) is 11.8 Å². The first-order valence-corrected chi connectivity index (χ1v) is 5.24. The molecule has 0 aromatic carbocycles. The van der Waals surface area contributed by atoms with Gasteiger partial charge in [0.15, 0.2) is 5.58 Å². The van der Waals surface area contributed by atoms with E-state index < -0.39 is 0 Å². The van der Waals surface area contributed by atoms with Gasteiger partial charge in [0.1, 0.15) is 5.69 Å². The molecule has 2 heterocycles. The monoisotopic (exact) mass is 220 g/mol. The fraction of sp³-hybridized carbons (Fsp3) is 0.417. The van der Waals surface area contributed by atoms with Gasteiger partial charge in [-0.2, -0.15) is 0 Å². The first kappa shape index (κ1) is 10.8. The maximum Gasteiger partial charge on any atom is 0.268 e. The van der Waals surface area contributed by atoms with E-state index in [9.17, 15) is 4.79 Å². The summed E-state index contributed by atoms with van der Waals surface area (Å²) < 4.78 is 7.09. The van der Waals surface area contributed by atoms with Crippen molar-refractivity contribution in [2.24, 2.45) is 7.05 Å². The Hall–Kier alpha value is -1.71. The van der Waals surface area contributed by atoms with E-state index in [4.69, 9.17) is 4.42 Å². The van der Waals surface area contributed by atoms with E-state index in [0.29, 0.717) is 5.69 Å². The Balaban J connectivity index is 2.36. The average molecular weight is 220 g/mol. The lowest BCUT2D eigenvalue weighted by Crippen LogP contribution is -2.41. The van der Waals surface area contributed by atoms with Gasteiger partial charge in [-0.1, -0.05) is 0 Å². The first-order chi connectivity index (χ1) is 7.38. The molecule has 0 fully saturated rings. The van der Waals surface area contributed by atoms with E-state index in [1.807, 2.05) is 38.5 Å². The first-order valence-electron chi connectivity index (χ1n) is 5.24. The molecule has 0 unspecified atom stereocenters. The van der Waals surface area contributed by atoms with Crippen LogP contribution in [0.4, 0.5) is 0 Å². The van der Waals surface area contributed by atoms with Crippen molar-refractivity contribution in [1.82, 2.24) is 9.88 Å². The van der Waals surface area contributed by atoms with Crippen molar-refractivity contribution in [2.75, 3.05) is 0 Å². The normalized spacial score (nSPS) is 12.0. The molecule has 0 radical (unpaired) electrons. The largest absolute Gasteiger partial charge is 0.463 e. The summed E-state index contributed by atoms with van der Waals surface area (Å²) in [5.74, 6) is -0.0820. The summed E-state index contributed by atoms with van der Waals surface area (Å²) in [6.45, 7) is 5.87. The smallest absolute Gasteiger partial charge is 0.268 e. The van der Waals surface area contributed by atoms with E-state index in [-0.39, 0.29) is 11.4 Å². The summed E-state index contributed by atoms with van der Waals surface area (Å²) in [4.78, 5) is 12.0. The predicted octanol–water partition coefficient (Wildman–Crippen LogP) is 2.30. The molecule has 0 spiro atoms. The standard InChI is InChI=1S/C12H16N2O2/c1-12(2,3)13-11(15)9-7-10-8(14(9)4)5-6-16-10/h5-7H,1-4H3,(H,13,15). The van der Waals surface area contributed by atoms with E-state index in [1.54, 1.807) is 12.3 Å². The molecule has 0 saturated carbocycles. The number of amides is 1. The molecule has 1 N–H and O–H groups in total. The van der Waals surface area contributed by atoms with Crippen LogP contribution in [0.5, 0.6) is 0 Å². The molecule has 0 bridgehead atoms. The van der Waals surface area contributed by atoms with Gasteiger partial charge in [-0.15, -0.1) is 0 Å². The number of furan rings is 1. The number of fused-ring (bicyclic) bond motifs is 1. The molecule has 2 rings (SSSR count). The van der Waals surface area contributed by atoms with Gasteiger partial charge in [0.2, 0.25) is 0 Å². The lowest BCUT2D eigenvalue weighted by Gasteiger charge is -2.20. The van der Waals surface area contributed by atoms with Gasteiger partial charge >= 0.3 is 0 Å². The number of hydrogen-bond donors (Lipinski definition) is 1. The van der Waals surface area contributed by atoms with Crippen LogP contribution in [-0.4, -0.2) is 16.0 Å². The molecule has 0 atom stereocenters. The Morgan fingerprint density at radius 1 is 1.44 bits per heavy atom. The van der Waals surface area contributed by atoms with Crippen molar-refractivity contribution in [3.8, 4) is 0 Å². The summed E-state index contributed by atoms with van der Waals surface area (Å²) in [6.07, 6.45) is 1.62. The van der Waals surface area contributed by atoms with E-state index in [1.165, 1.54) is 0 Å². The fourth-order valence-corrected chi connectivity index (χ4v) is 1.67. The van der Waals surface area contributed by atoms with Crippen LogP contribution in [0.2, 0.25) is 0 Å². The summed E-state index contributed by atoms with van der Waals surface area (Å²) in [5.41, 5.74) is 2.05. The van der Waals surface area contributed by atoms with Crippen LogP contribution in [0, 0.1) is 0 Å². The molecule has 2 aromatic rings. The zero-order valence-corrected chi connectivity index (χ0v) is 10.00. The van der Waals surface area contributed by atoms with Crippen LogP contribution in [0.25, 0.3) is 11.1 Å². The van der Waals surface area contributed by atoms with Gasteiger partial charge in [-0.3, -0.25) is 4.79 Å². The number of nitrogens with zero attached hydrogens (tertiary/aromatic N) is 1. The van der Waals surface area contributed by atoms with E-state index >= 15 is 0 Å². The Labute approximate surface area is 94.2 Å². The molecule has 0 saturated heterocycles. The number of carbonyl (C=O) groups excluding carboxylic acids is 1. The maximum atomic E-state index is 12.0. The molecule has 16 heavy (non-hydrogen) atoms. The molecular formula is C12H16N2O2. The van der Waals surface area contributed by atoms with Crippen LogP contribution in [0.1, 0.15) is 31.3 Å². The van der Waals surface area contributed by atoms with Crippen molar-refractivity contribution >= 4 is 17.0 Å². The highest BCUT2D eigenvalue weighted by atomic mass is 16.3. The van der Waals surface area contributed by atoms with E-state index in [0.717, 1.165) is 11.1 Å². The van der Waals surface area contributed by atoms with Crippen molar-refractivity contribution < 1.29 is 9.21 Å². The maximum absolute atomic E-state index is 12.0. The van der Waals surface area contributed by atoms with Crippen molar-refractivity contribution in [3.05, 3.63) is 24.1 Å². The number of hydrogen-bond acceptors (Lipinski definition) is 2. The van der Waals surface area contributed by atoms with Crippen LogP contribution in [-0.2, 0) is 7.05 Å². The predicted molar refractivity (Wildman–Crippen MR) is 62.4 cm³/mol. The third kappa shape index (κ3) is 1.83. The third-order valence-corrected chi connectivity index (χ3v) is 2.39. The molecule has 0 aliphatic heterocycles. The Bertz CT molecular complexity index is 529. The summed E-state index contributed by atoms with van der Waals surface area (Å²) in [5, 5.41) is 2.93. The second-order valence-electron chi connectivity index (χ2n) is 4.96. The Kier molecular flexibility index (Phi) is 2.30. The van der Waals surface area contributed by atoms with Crippen molar-refractivity contribution in [1.29, 1.82) is 0 Å². The second kappa shape index (κ2) is 3.40. The number of carbonyl (C=O) groups is 1. The van der Waals surface area contributed by atoms with Crippen LogP contribution in [0.15, 0.2) is 22.8 Å². The SMILES string of the molecule is Cn1c(C(=O)NC(C)(C)C)cc2occc21. The topological polar surface area (TPSA) is 47.2 Å². The minimum absolute atomic E-state index is 0.0820. The van der Waals surface area contributed by atoms with Crippen LogP contribution >= 0.6 is 0 Å². The molecule has 4 nitrogen and oxygen atoms in total. The highest BCUT2D eigenvalue weighted by molar-refractivity contribution is 5.97. The van der Waals surface area contributed by atoms with Crippen molar-refractivity contribution in [3.63, 3.8) is 0 Å². The summed E-state index contributed by atoms with van der Waals surface area (Å²) in [7, 11) is 1.86. The van der Waals surface area contributed by atoms with E-state index in [2.05, 4.69) is 5.32 Å². The molecule has 0 aliphatic rings. The number of rotatable bonds is 1. The second-order valence-corrected chi connectivity index (χ2v) is 4.96. The van der Waals surface area contributed by atoms with Gasteiger partial charge < -0.3 is 14.3 Å². The minimum atomic E-state index is -0.234. The Morgan fingerprint density at radius 3 is 2.69 bits per heavy atom. The van der Waals surface area contributed by atoms with Crippen molar-refractivity contribution in [2.45, 2.75) is 26.3 Å². The zero-order chi connectivity index (χ0) is 11.9. The quantitative estimate of drug-likeness (QED) is 0.801. The zero-order valence-electron chi connectivity index (χ0n) is 10.00. The summed E-state index contributed by atoms with van der Waals surface area (Å²) in [6, 6.07) is 3.61. The molecule has 4 heteroatoms. The number of nitrogens with one attached hydrogen (secondary N) is 1. The lowest BCUT2D eigenvalue weighted by atomic mass is 10.1. The summed E-state index contributed by atoms with van der Waals surface area (Å²) >= 11 is 0. The molecular weight excluding hydrogens is 204 g/mol. The van der Waals surface area contributed by atoms with Crippen LogP contribution in [0.3, 0.4) is 0 Å². The highest BCUT2D eigenvalue weighted by Crippen LogP contribution is 2.19. The molecule has 2 aromatic heterocycles. The van der Waals surface area contributed by atoms with Gasteiger partial charge in [-0.25, -0.2) is 0 Å². The lowest BCUT2D eigenvalue weighted by molar-refractivity contribution is 0.0911. The fourth-order valence-electron chi connectivity index (χ4n) is 1.67. The average Bonchev–Trinajstić information content (AvgIpc) is 2.66. The van der Waals surface area contributed by atoms with Gasteiger partial charge in [0.25, 0.3) is 5.91 Å². The number of aromatic nitrogens is 1. The molecule has 86 valence electrons. The van der Waals surface area contributed by atoms with Gasteiger partial charge in [0, 0.05) is 24.7 Å². The molecule has 0 aliphatic carbocycles.